The lowest BCUT2D eigenvalue weighted by Gasteiger charge is -2.10. The standard InChI is InChI=1S/C39H27N5O4/c1-26-24-42-39(43-25-26)44-35-22-31(45-27-8-6-10-29(20-27)47-37-12-2-4-18-40-37)14-16-33(35)34-17-15-32(23-36(34)44)46-28-9-7-11-30(21-28)48-38-13-3-5-19-41-38/h2-25H,1H3. The largest absolute Gasteiger partial charge is 0.457 e. The Morgan fingerprint density at radius 1 is 0.438 bits per heavy atom. The third kappa shape index (κ3) is 6.08. The molecule has 0 bridgehead atoms. The summed E-state index contributed by atoms with van der Waals surface area (Å²) in [4.78, 5) is 17.8. The van der Waals surface area contributed by atoms with E-state index >= 15 is 0 Å². The van der Waals surface area contributed by atoms with E-state index < -0.39 is 0 Å². The van der Waals surface area contributed by atoms with Crippen molar-refractivity contribution in [1.29, 1.82) is 0 Å². The minimum Gasteiger partial charge on any atom is -0.457 e. The molecule has 0 aliphatic rings. The van der Waals surface area contributed by atoms with Gasteiger partial charge in [-0.1, -0.05) is 24.3 Å². The first-order chi connectivity index (χ1) is 23.6. The third-order valence-electron chi connectivity index (χ3n) is 7.48. The van der Waals surface area contributed by atoms with Crippen LogP contribution in [0.5, 0.6) is 46.3 Å². The van der Waals surface area contributed by atoms with Crippen molar-refractivity contribution in [3.05, 3.63) is 152 Å². The number of pyridine rings is 2. The summed E-state index contributed by atoms with van der Waals surface area (Å²) in [5.74, 6) is 5.34. The van der Waals surface area contributed by atoms with Gasteiger partial charge in [-0.3, -0.25) is 4.57 Å². The van der Waals surface area contributed by atoms with Crippen LogP contribution in [0.1, 0.15) is 5.56 Å². The van der Waals surface area contributed by atoms with E-state index in [9.17, 15) is 0 Å². The highest BCUT2D eigenvalue weighted by Crippen LogP contribution is 2.38. The molecule has 48 heavy (non-hydrogen) atoms. The zero-order chi connectivity index (χ0) is 32.3. The Bertz CT molecular complexity index is 2220. The number of rotatable bonds is 9. The first-order valence-electron chi connectivity index (χ1n) is 15.3. The van der Waals surface area contributed by atoms with Crippen LogP contribution in [0.4, 0.5) is 0 Å². The SMILES string of the molecule is Cc1cnc(-n2c3cc(Oc4cccc(Oc5ccccn5)c4)ccc3c3ccc(Oc4cccc(Oc5ccccn5)c4)cc32)nc1. The van der Waals surface area contributed by atoms with Crippen molar-refractivity contribution in [2.45, 2.75) is 6.92 Å². The number of hydrogen-bond acceptors (Lipinski definition) is 8. The minimum absolute atomic E-state index is 0.507. The Kier molecular flexibility index (Phi) is 7.52. The van der Waals surface area contributed by atoms with Gasteiger partial charge in [-0.2, -0.15) is 0 Å². The molecule has 0 atom stereocenters. The van der Waals surface area contributed by atoms with Gasteiger partial charge in [-0.05, 0) is 73.2 Å². The second kappa shape index (κ2) is 12.6. The Morgan fingerprint density at radius 2 is 0.896 bits per heavy atom. The van der Waals surface area contributed by atoms with Crippen molar-refractivity contribution in [3.8, 4) is 52.2 Å². The maximum absolute atomic E-state index is 6.33. The van der Waals surface area contributed by atoms with Gasteiger partial charge in [0.25, 0.3) is 0 Å². The van der Waals surface area contributed by atoms with Crippen molar-refractivity contribution in [2.75, 3.05) is 0 Å². The van der Waals surface area contributed by atoms with Crippen molar-refractivity contribution in [3.63, 3.8) is 0 Å². The smallest absolute Gasteiger partial charge is 0.234 e. The Morgan fingerprint density at radius 3 is 1.35 bits per heavy atom. The molecule has 4 heterocycles. The summed E-state index contributed by atoms with van der Waals surface area (Å²) < 4.78 is 26.5. The van der Waals surface area contributed by atoms with Crippen LogP contribution in [0.2, 0.25) is 0 Å². The Balaban J connectivity index is 1.14. The molecule has 0 saturated heterocycles. The fourth-order valence-corrected chi connectivity index (χ4v) is 5.35. The lowest BCUT2D eigenvalue weighted by atomic mass is 10.1. The molecule has 0 saturated carbocycles. The van der Waals surface area contributed by atoms with Crippen molar-refractivity contribution >= 4 is 21.8 Å². The summed E-state index contributed by atoms with van der Waals surface area (Å²) in [7, 11) is 0. The van der Waals surface area contributed by atoms with E-state index in [-0.39, 0.29) is 0 Å². The van der Waals surface area contributed by atoms with E-state index in [1.807, 2.05) is 121 Å². The maximum Gasteiger partial charge on any atom is 0.234 e. The average molecular weight is 630 g/mol. The highest BCUT2D eigenvalue weighted by molar-refractivity contribution is 6.09. The van der Waals surface area contributed by atoms with E-state index in [0.29, 0.717) is 52.2 Å². The third-order valence-corrected chi connectivity index (χ3v) is 7.48. The number of nitrogens with zero attached hydrogens (tertiary/aromatic N) is 5. The van der Waals surface area contributed by atoms with Crippen LogP contribution < -0.4 is 18.9 Å². The Hall–Kier alpha value is -6.74. The number of hydrogen-bond donors (Lipinski definition) is 0. The minimum atomic E-state index is 0.507. The monoisotopic (exact) mass is 629 g/mol. The molecule has 9 nitrogen and oxygen atoms in total. The summed E-state index contributed by atoms with van der Waals surface area (Å²) in [6.45, 7) is 1.96. The van der Waals surface area contributed by atoms with E-state index in [1.165, 1.54) is 0 Å². The van der Waals surface area contributed by atoms with Gasteiger partial charge in [0.2, 0.25) is 17.7 Å². The van der Waals surface area contributed by atoms with Gasteiger partial charge in [0, 0.05) is 72.0 Å². The topological polar surface area (TPSA) is 93.4 Å². The van der Waals surface area contributed by atoms with Crippen LogP contribution in [-0.4, -0.2) is 24.5 Å². The van der Waals surface area contributed by atoms with Crippen LogP contribution in [0.15, 0.2) is 146 Å². The van der Waals surface area contributed by atoms with Crippen LogP contribution in [0, 0.1) is 6.92 Å². The van der Waals surface area contributed by atoms with Gasteiger partial charge in [0.1, 0.15) is 34.5 Å². The molecule has 0 spiro atoms. The number of ether oxygens (including phenoxy) is 4. The summed E-state index contributed by atoms with van der Waals surface area (Å²) >= 11 is 0. The number of aromatic nitrogens is 5. The quantitative estimate of drug-likeness (QED) is 0.156. The van der Waals surface area contributed by atoms with E-state index in [2.05, 4.69) is 19.9 Å². The van der Waals surface area contributed by atoms with Gasteiger partial charge in [-0.15, -0.1) is 0 Å². The fraction of sp³-hybridized carbons (Fsp3) is 0.0256. The molecule has 8 aromatic rings. The molecule has 0 amide bonds. The van der Waals surface area contributed by atoms with Crippen LogP contribution in [0.3, 0.4) is 0 Å². The first-order valence-corrected chi connectivity index (χ1v) is 15.3. The summed E-state index contributed by atoms with van der Waals surface area (Å²) in [6, 6.07) is 37.9. The lowest BCUT2D eigenvalue weighted by Crippen LogP contribution is -2.01. The molecule has 0 fully saturated rings. The molecule has 232 valence electrons. The maximum atomic E-state index is 6.33. The fourth-order valence-electron chi connectivity index (χ4n) is 5.35. The normalized spacial score (nSPS) is 11.0. The van der Waals surface area contributed by atoms with Crippen LogP contribution >= 0.6 is 0 Å². The van der Waals surface area contributed by atoms with E-state index in [0.717, 1.165) is 27.4 Å². The number of benzene rings is 4. The zero-order valence-corrected chi connectivity index (χ0v) is 25.7. The average Bonchev–Trinajstić information content (AvgIpc) is 3.42. The van der Waals surface area contributed by atoms with Gasteiger partial charge in [0.15, 0.2) is 0 Å². The highest BCUT2D eigenvalue weighted by atomic mass is 16.5. The highest BCUT2D eigenvalue weighted by Gasteiger charge is 2.17. The van der Waals surface area contributed by atoms with Gasteiger partial charge in [0.05, 0.1) is 11.0 Å². The van der Waals surface area contributed by atoms with Gasteiger partial charge < -0.3 is 18.9 Å². The summed E-state index contributed by atoms with van der Waals surface area (Å²) in [5, 5.41) is 2.04. The van der Waals surface area contributed by atoms with Crippen LogP contribution in [0.25, 0.3) is 27.8 Å². The second-order valence-corrected chi connectivity index (χ2v) is 10.9. The molecule has 4 aromatic carbocycles. The van der Waals surface area contributed by atoms with Crippen LogP contribution in [-0.2, 0) is 0 Å². The molecule has 8 rings (SSSR count). The molecule has 4 aromatic heterocycles. The molecule has 0 radical (unpaired) electrons. The molecular formula is C39H27N5O4. The summed E-state index contributed by atoms with van der Waals surface area (Å²) in [5.41, 5.74) is 2.73. The van der Waals surface area contributed by atoms with E-state index in [4.69, 9.17) is 18.9 Å². The van der Waals surface area contributed by atoms with Crippen molar-refractivity contribution in [2.24, 2.45) is 0 Å². The predicted octanol–water partition coefficient (Wildman–Crippen LogP) is 9.84. The van der Waals surface area contributed by atoms with Crippen molar-refractivity contribution < 1.29 is 18.9 Å². The zero-order valence-electron chi connectivity index (χ0n) is 25.7. The summed E-state index contributed by atoms with van der Waals surface area (Å²) in [6.07, 6.45) is 6.99. The van der Waals surface area contributed by atoms with E-state index in [1.54, 1.807) is 36.9 Å². The molecule has 0 aliphatic heterocycles. The molecule has 9 heteroatoms. The molecule has 0 N–H and O–H groups in total. The second-order valence-electron chi connectivity index (χ2n) is 10.9. The van der Waals surface area contributed by atoms with Gasteiger partial charge >= 0.3 is 0 Å². The van der Waals surface area contributed by atoms with Gasteiger partial charge in [-0.25, -0.2) is 19.9 Å². The Labute approximate surface area is 275 Å². The lowest BCUT2D eigenvalue weighted by molar-refractivity contribution is 0.448. The first kappa shape index (κ1) is 28.7. The molecule has 0 aliphatic carbocycles. The predicted molar refractivity (Wildman–Crippen MR) is 183 cm³/mol. The number of aryl methyl sites for hydroxylation is 1. The molecule has 0 unspecified atom stereocenters. The molecular weight excluding hydrogens is 602 g/mol. The number of fused-ring (bicyclic) bond motifs is 3. The van der Waals surface area contributed by atoms with Crippen molar-refractivity contribution in [1.82, 2.24) is 24.5 Å².